The zero-order valence-corrected chi connectivity index (χ0v) is 17.3. The summed E-state index contributed by atoms with van der Waals surface area (Å²) >= 11 is 0. The average molecular weight is 423 g/mol. The molecule has 0 bridgehead atoms. The highest BCUT2D eigenvalue weighted by atomic mass is 32.2. The molecule has 0 radical (unpaired) electrons. The summed E-state index contributed by atoms with van der Waals surface area (Å²) in [6.45, 7) is 0.161. The predicted octanol–water partition coefficient (Wildman–Crippen LogP) is 3.91. The Morgan fingerprint density at radius 3 is 2.40 bits per heavy atom. The lowest BCUT2D eigenvalue weighted by Crippen LogP contribution is -2.36. The molecule has 30 heavy (non-hydrogen) atoms. The van der Waals surface area contributed by atoms with Gasteiger partial charge in [0.15, 0.2) is 6.10 Å². The molecule has 154 valence electrons. The SMILES string of the molecule is CS(=O)(=O)N1CC[C@H](C(=O)Nc2ccccc2-c2ccccc2)Oc2ccccc21. The average Bonchev–Trinajstić information content (AvgIpc) is 2.94. The van der Waals surface area contributed by atoms with Crippen molar-refractivity contribution in [2.45, 2.75) is 12.5 Å². The summed E-state index contributed by atoms with van der Waals surface area (Å²) in [6.07, 6.45) is 0.572. The number of nitrogens with zero attached hydrogens (tertiary/aromatic N) is 1. The minimum absolute atomic E-state index is 0.161. The van der Waals surface area contributed by atoms with Crippen LogP contribution < -0.4 is 14.4 Å². The van der Waals surface area contributed by atoms with Crippen LogP contribution in [0.15, 0.2) is 78.9 Å². The Morgan fingerprint density at radius 1 is 0.967 bits per heavy atom. The highest BCUT2D eigenvalue weighted by Crippen LogP contribution is 2.34. The zero-order valence-electron chi connectivity index (χ0n) is 16.5. The van der Waals surface area contributed by atoms with Gasteiger partial charge in [-0.2, -0.15) is 0 Å². The van der Waals surface area contributed by atoms with Gasteiger partial charge < -0.3 is 10.1 Å². The van der Waals surface area contributed by atoms with E-state index in [2.05, 4.69) is 5.32 Å². The number of carbonyl (C=O) groups excluding carboxylic acids is 1. The molecule has 7 heteroatoms. The predicted molar refractivity (Wildman–Crippen MR) is 118 cm³/mol. The van der Waals surface area contributed by atoms with Crippen molar-refractivity contribution in [1.29, 1.82) is 0 Å². The van der Waals surface area contributed by atoms with Gasteiger partial charge in [0.05, 0.1) is 11.9 Å². The molecule has 4 rings (SSSR count). The molecule has 1 N–H and O–H groups in total. The van der Waals surface area contributed by atoms with Gasteiger partial charge in [-0.15, -0.1) is 0 Å². The smallest absolute Gasteiger partial charge is 0.265 e. The van der Waals surface area contributed by atoms with Crippen LogP contribution >= 0.6 is 0 Å². The maximum Gasteiger partial charge on any atom is 0.265 e. The normalized spacial score (nSPS) is 16.2. The van der Waals surface area contributed by atoms with E-state index in [4.69, 9.17) is 4.74 Å². The van der Waals surface area contributed by atoms with Gasteiger partial charge >= 0.3 is 0 Å². The topological polar surface area (TPSA) is 75.7 Å². The molecule has 0 fully saturated rings. The van der Waals surface area contributed by atoms with Crippen molar-refractivity contribution >= 4 is 27.3 Å². The summed E-state index contributed by atoms with van der Waals surface area (Å²) in [5.74, 6) is 0.0560. The largest absolute Gasteiger partial charge is 0.478 e. The number of ether oxygens (including phenoxy) is 1. The van der Waals surface area contributed by atoms with E-state index in [0.29, 0.717) is 17.1 Å². The highest BCUT2D eigenvalue weighted by molar-refractivity contribution is 7.92. The maximum absolute atomic E-state index is 13.1. The number of hydrogen-bond donors (Lipinski definition) is 1. The van der Waals surface area contributed by atoms with E-state index in [0.717, 1.165) is 17.4 Å². The molecule has 1 heterocycles. The van der Waals surface area contributed by atoms with E-state index in [9.17, 15) is 13.2 Å². The van der Waals surface area contributed by atoms with Crippen LogP contribution in [-0.2, 0) is 14.8 Å². The molecule has 0 saturated carbocycles. The lowest BCUT2D eigenvalue weighted by molar-refractivity contribution is -0.122. The van der Waals surface area contributed by atoms with Crippen LogP contribution in [0.25, 0.3) is 11.1 Å². The fraction of sp³-hybridized carbons (Fsp3) is 0.174. The van der Waals surface area contributed by atoms with Crippen LogP contribution in [-0.4, -0.2) is 33.2 Å². The van der Waals surface area contributed by atoms with E-state index >= 15 is 0 Å². The Kier molecular flexibility index (Phi) is 5.46. The van der Waals surface area contributed by atoms with Crippen LogP contribution in [0.2, 0.25) is 0 Å². The Balaban J connectivity index is 1.60. The summed E-state index contributed by atoms with van der Waals surface area (Å²) < 4.78 is 31.7. The second kappa shape index (κ2) is 8.20. The van der Waals surface area contributed by atoms with Gasteiger partial charge in [-0.3, -0.25) is 9.10 Å². The van der Waals surface area contributed by atoms with Crippen molar-refractivity contribution in [3.05, 3.63) is 78.9 Å². The number of nitrogens with one attached hydrogen (secondary N) is 1. The lowest BCUT2D eigenvalue weighted by atomic mass is 10.0. The van der Waals surface area contributed by atoms with Crippen molar-refractivity contribution in [2.75, 3.05) is 22.4 Å². The van der Waals surface area contributed by atoms with Crippen molar-refractivity contribution in [1.82, 2.24) is 0 Å². The van der Waals surface area contributed by atoms with Crippen molar-refractivity contribution in [3.63, 3.8) is 0 Å². The van der Waals surface area contributed by atoms with E-state index < -0.39 is 16.1 Å². The molecule has 0 saturated heterocycles. The molecule has 1 aliphatic heterocycles. The van der Waals surface area contributed by atoms with Gasteiger partial charge in [-0.25, -0.2) is 8.42 Å². The first-order valence-electron chi connectivity index (χ1n) is 9.62. The first-order valence-corrected chi connectivity index (χ1v) is 11.5. The van der Waals surface area contributed by atoms with Crippen molar-refractivity contribution in [2.24, 2.45) is 0 Å². The molecule has 1 atom stereocenters. The highest BCUT2D eigenvalue weighted by Gasteiger charge is 2.31. The summed E-state index contributed by atoms with van der Waals surface area (Å²) in [4.78, 5) is 13.1. The summed E-state index contributed by atoms with van der Waals surface area (Å²) in [5, 5.41) is 2.96. The monoisotopic (exact) mass is 422 g/mol. The molecule has 0 aliphatic carbocycles. The third kappa shape index (κ3) is 4.16. The Morgan fingerprint density at radius 2 is 1.63 bits per heavy atom. The van der Waals surface area contributed by atoms with Crippen LogP contribution in [0.5, 0.6) is 5.75 Å². The van der Waals surface area contributed by atoms with Gasteiger partial charge in [0.2, 0.25) is 10.0 Å². The number of hydrogen-bond acceptors (Lipinski definition) is 4. The summed E-state index contributed by atoms with van der Waals surface area (Å²) in [5.41, 5.74) is 3.01. The lowest BCUT2D eigenvalue weighted by Gasteiger charge is -2.20. The summed E-state index contributed by atoms with van der Waals surface area (Å²) in [6, 6.07) is 24.2. The van der Waals surface area contributed by atoms with Crippen molar-refractivity contribution < 1.29 is 17.9 Å². The quantitative estimate of drug-likeness (QED) is 0.692. The van der Waals surface area contributed by atoms with Crippen LogP contribution in [0.3, 0.4) is 0 Å². The fourth-order valence-electron chi connectivity index (χ4n) is 3.53. The standard InChI is InChI=1S/C23H22N2O4S/c1-30(27,28)25-16-15-22(29-21-14-8-7-13-20(21)25)23(26)24-19-12-6-5-11-18(19)17-9-3-2-4-10-17/h2-14,22H,15-16H2,1H3,(H,24,26)/t22-/m1/s1. The number of amides is 1. The first kappa shape index (κ1) is 20.0. The van der Waals surface area contributed by atoms with Gasteiger partial charge in [-0.05, 0) is 23.8 Å². The number of anilines is 2. The third-order valence-corrected chi connectivity index (χ3v) is 6.14. The van der Waals surface area contributed by atoms with Crippen LogP contribution in [0.4, 0.5) is 11.4 Å². The van der Waals surface area contributed by atoms with E-state index in [1.807, 2.05) is 54.6 Å². The maximum atomic E-state index is 13.1. The minimum Gasteiger partial charge on any atom is -0.478 e. The van der Waals surface area contributed by atoms with E-state index in [1.165, 1.54) is 4.31 Å². The van der Waals surface area contributed by atoms with Gasteiger partial charge in [0.1, 0.15) is 5.75 Å². The third-order valence-electron chi connectivity index (χ3n) is 4.96. The molecule has 6 nitrogen and oxygen atoms in total. The zero-order chi connectivity index (χ0) is 21.1. The molecule has 3 aromatic carbocycles. The van der Waals surface area contributed by atoms with E-state index in [1.54, 1.807) is 24.3 Å². The molecule has 1 amide bonds. The molecular formula is C23H22N2O4S. The fourth-order valence-corrected chi connectivity index (χ4v) is 4.48. The van der Waals surface area contributed by atoms with Crippen molar-refractivity contribution in [3.8, 4) is 16.9 Å². The molecule has 0 unspecified atom stereocenters. The molecule has 1 aliphatic rings. The Bertz CT molecular complexity index is 1160. The molecule has 0 aromatic heterocycles. The second-order valence-corrected chi connectivity index (χ2v) is 9.01. The Hall–Kier alpha value is -3.32. The van der Waals surface area contributed by atoms with Gasteiger partial charge in [0, 0.05) is 24.2 Å². The number of carbonyl (C=O) groups is 1. The van der Waals surface area contributed by atoms with Crippen LogP contribution in [0, 0.1) is 0 Å². The molecule has 0 spiro atoms. The van der Waals surface area contributed by atoms with Crippen LogP contribution in [0.1, 0.15) is 6.42 Å². The minimum atomic E-state index is -3.49. The van der Waals surface area contributed by atoms with Gasteiger partial charge in [0.25, 0.3) is 5.91 Å². The number of benzene rings is 3. The molecular weight excluding hydrogens is 400 g/mol. The first-order chi connectivity index (χ1) is 14.4. The molecule has 3 aromatic rings. The number of sulfonamides is 1. The number of para-hydroxylation sites is 3. The van der Waals surface area contributed by atoms with Gasteiger partial charge in [-0.1, -0.05) is 60.7 Å². The second-order valence-electron chi connectivity index (χ2n) is 7.10. The Labute approximate surface area is 176 Å². The number of rotatable bonds is 4. The number of fused-ring (bicyclic) bond motifs is 1. The van der Waals surface area contributed by atoms with E-state index in [-0.39, 0.29) is 18.9 Å². The summed E-state index contributed by atoms with van der Waals surface area (Å²) in [7, 11) is -3.49.